The summed E-state index contributed by atoms with van der Waals surface area (Å²) in [5, 5.41) is 11.2. The number of amides is 1. The molecule has 136 valence electrons. The van der Waals surface area contributed by atoms with Gasteiger partial charge >= 0.3 is 5.97 Å². The topological polar surface area (TPSA) is 57.6 Å². The minimum Gasteiger partial charge on any atom is -0.481 e. The van der Waals surface area contributed by atoms with E-state index in [2.05, 4.69) is 28.5 Å². The third-order valence-electron chi connectivity index (χ3n) is 5.53. The highest BCUT2D eigenvalue weighted by Gasteiger charge is 2.34. The van der Waals surface area contributed by atoms with Crippen LogP contribution in [0.2, 0.25) is 0 Å². The van der Waals surface area contributed by atoms with Crippen molar-refractivity contribution in [1.82, 2.24) is 4.90 Å². The predicted octanol–water partition coefficient (Wildman–Crippen LogP) is 4.42. The van der Waals surface area contributed by atoms with Gasteiger partial charge in [0.05, 0.1) is 12.0 Å². The van der Waals surface area contributed by atoms with E-state index >= 15 is 0 Å². The SMILES string of the molecule is O=C(O)C1CCC(C(=O)N2CCCCCC2/C=C/c2cccs2)CC1. The fourth-order valence-electron chi connectivity index (χ4n) is 4.02. The van der Waals surface area contributed by atoms with Crippen LogP contribution in [0.5, 0.6) is 0 Å². The number of likely N-dealkylation sites (tertiary alicyclic amines) is 1. The first-order valence-electron chi connectivity index (χ1n) is 9.40. The van der Waals surface area contributed by atoms with Gasteiger partial charge in [-0.15, -0.1) is 11.3 Å². The number of thiophene rings is 1. The zero-order valence-corrected chi connectivity index (χ0v) is 15.4. The molecule has 1 aliphatic carbocycles. The van der Waals surface area contributed by atoms with Crippen LogP contribution < -0.4 is 0 Å². The maximum atomic E-state index is 13.1. The molecule has 4 nitrogen and oxygen atoms in total. The third-order valence-corrected chi connectivity index (χ3v) is 6.37. The Morgan fingerprint density at radius 1 is 1.08 bits per heavy atom. The molecule has 2 heterocycles. The molecule has 2 fully saturated rings. The number of hydrogen-bond acceptors (Lipinski definition) is 3. The maximum absolute atomic E-state index is 13.1. The molecule has 25 heavy (non-hydrogen) atoms. The molecule has 1 atom stereocenters. The zero-order chi connectivity index (χ0) is 17.6. The van der Waals surface area contributed by atoms with Gasteiger partial charge in [-0.3, -0.25) is 9.59 Å². The number of rotatable bonds is 4. The van der Waals surface area contributed by atoms with Crippen LogP contribution >= 0.6 is 11.3 Å². The Hall–Kier alpha value is -1.62. The molecule has 0 radical (unpaired) electrons. The lowest BCUT2D eigenvalue weighted by Crippen LogP contribution is -2.43. The second kappa shape index (κ2) is 8.65. The normalized spacial score (nSPS) is 28.0. The highest BCUT2D eigenvalue weighted by Crippen LogP contribution is 2.32. The summed E-state index contributed by atoms with van der Waals surface area (Å²) in [7, 11) is 0. The molecule has 3 rings (SSSR count). The first-order chi connectivity index (χ1) is 12.1. The predicted molar refractivity (Wildman–Crippen MR) is 100 cm³/mol. The smallest absolute Gasteiger partial charge is 0.306 e. The van der Waals surface area contributed by atoms with Gasteiger partial charge in [0.1, 0.15) is 0 Å². The van der Waals surface area contributed by atoms with Crippen LogP contribution in [0.4, 0.5) is 0 Å². The van der Waals surface area contributed by atoms with E-state index in [1.54, 1.807) is 11.3 Å². The van der Waals surface area contributed by atoms with E-state index in [-0.39, 0.29) is 23.8 Å². The summed E-state index contributed by atoms with van der Waals surface area (Å²) in [6.45, 7) is 0.830. The molecule has 1 N–H and O–H groups in total. The summed E-state index contributed by atoms with van der Waals surface area (Å²) in [4.78, 5) is 27.5. The molecular formula is C20H27NO3S. The largest absolute Gasteiger partial charge is 0.481 e. The van der Waals surface area contributed by atoms with E-state index in [1.807, 2.05) is 6.07 Å². The molecular weight excluding hydrogens is 334 g/mol. The number of aliphatic carboxylic acids is 1. The molecule has 1 aromatic heterocycles. The molecule has 1 saturated heterocycles. The molecule has 0 spiro atoms. The summed E-state index contributed by atoms with van der Waals surface area (Å²) >= 11 is 1.71. The minimum absolute atomic E-state index is 0.00587. The number of carboxylic acids is 1. The Morgan fingerprint density at radius 2 is 1.84 bits per heavy atom. The highest BCUT2D eigenvalue weighted by molar-refractivity contribution is 7.10. The lowest BCUT2D eigenvalue weighted by molar-refractivity contribution is -0.146. The van der Waals surface area contributed by atoms with Crippen molar-refractivity contribution in [2.45, 2.75) is 57.4 Å². The average Bonchev–Trinajstić information content (AvgIpc) is 3.04. The lowest BCUT2D eigenvalue weighted by atomic mass is 9.81. The van der Waals surface area contributed by atoms with Crippen molar-refractivity contribution in [2.24, 2.45) is 11.8 Å². The van der Waals surface area contributed by atoms with Crippen LogP contribution in [-0.2, 0) is 9.59 Å². The number of carbonyl (C=O) groups is 2. The van der Waals surface area contributed by atoms with Crippen molar-refractivity contribution < 1.29 is 14.7 Å². The first kappa shape index (κ1) is 18.2. The Kier molecular flexibility index (Phi) is 6.29. The molecule has 5 heteroatoms. The minimum atomic E-state index is -0.711. The van der Waals surface area contributed by atoms with Crippen LogP contribution in [-0.4, -0.2) is 34.5 Å². The van der Waals surface area contributed by atoms with E-state index in [0.717, 1.165) is 25.8 Å². The molecule has 2 aliphatic rings. The van der Waals surface area contributed by atoms with Gasteiger partial charge in [0, 0.05) is 17.3 Å². The number of nitrogens with zero attached hydrogens (tertiary/aromatic N) is 1. The molecule has 1 amide bonds. The number of carbonyl (C=O) groups excluding carboxylic acids is 1. The fourth-order valence-corrected chi connectivity index (χ4v) is 4.65. The summed E-state index contributed by atoms with van der Waals surface area (Å²) in [5.41, 5.74) is 0. The zero-order valence-electron chi connectivity index (χ0n) is 14.6. The monoisotopic (exact) mass is 361 g/mol. The van der Waals surface area contributed by atoms with Crippen molar-refractivity contribution in [3.8, 4) is 0 Å². The Labute approximate surface area is 153 Å². The van der Waals surface area contributed by atoms with Gasteiger partial charge in [-0.25, -0.2) is 0 Å². The van der Waals surface area contributed by atoms with E-state index < -0.39 is 5.97 Å². The summed E-state index contributed by atoms with van der Waals surface area (Å²) in [5.74, 6) is -0.724. The van der Waals surface area contributed by atoms with Gasteiger partial charge in [-0.1, -0.05) is 25.0 Å². The van der Waals surface area contributed by atoms with Crippen molar-refractivity contribution >= 4 is 29.3 Å². The van der Waals surface area contributed by atoms with Gasteiger partial charge in [0.15, 0.2) is 0 Å². The van der Waals surface area contributed by atoms with Crippen molar-refractivity contribution in [2.75, 3.05) is 6.54 Å². The standard InChI is InChI=1S/C20H27NO3S/c22-19(15-7-9-16(10-8-15)20(23)24)21-13-3-1-2-5-17(21)11-12-18-6-4-14-25-18/h4,6,11-12,14-17H,1-3,5,7-10,13H2,(H,23,24)/b12-11+. The van der Waals surface area contributed by atoms with Crippen molar-refractivity contribution in [1.29, 1.82) is 0 Å². The number of hydrogen-bond donors (Lipinski definition) is 1. The van der Waals surface area contributed by atoms with E-state index in [1.165, 1.54) is 11.3 Å². The maximum Gasteiger partial charge on any atom is 0.306 e. The van der Waals surface area contributed by atoms with E-state index in [4.69, 9.17) is 5.11 Å². The van der Waals surface area contributed by atoms with Crippen LogP contribution in [0.1, 0.15) is 56.2 Å². The number of carboxylic acid groups (broad SMARTS) is 1. The van der Waals surface area contributed by atoms with Gasteiger partial charge in [0.25, 0.3) is 0 Å². The van der Waals surface area contributed by atoms with Gasteiger partial charge < -0.3 is 10.0 Å². The molecule has 1 saturated carbocycles. The van der Waals surface area contributed by atoms with Gasteiger partial charge in [0.2, 0.25) is 5.91 Å². The second-order valence-electron chi connectivity index (χ2n) is 7.21. The van der Waals surface area contributed by atoms with Gasteiger partial charge in [-0.2, -0.15) is 0 Å². The molecule has 1 aliphatic heterocycles. The van der Waals surface area contributed by atoms with Gasteiger partial charge in [-0.05, 0) is 56.0 Å². The van der Waals surface area contributed by atoms with Crippen molar-refractivity contribution in [3.63, 3.8) is 0 Å². The van der Waals surface area contributed by atoms with Crippen molar-refractivity contribution in [3.05, 3.63) is 28.5 Å². The summed E-state index contributed by atoms with van der Waals surface area (Å²) in [6, 6.07) is 4.31. The molecule has 0 bridgehead atoms. The fraction of sp³-hybridized carbons (Fsp3) is 0.600. The van der Waals surface area contributed by atoms with Crippen LogP contribution in [0, 0.1) is 11.8 Å². The Bertz CT molecular complexity index is 602. The molecule has 1 aromatic rings. The van der Waals surface area contributed by atoms with Crippen LogP contribution in [0.25, 0.3) is 6.08 Å². The second-order valence-corrected chi connectivity index (χ2v) is 8.19. The van der Waals surface area contributed by atoms with E-state index in [9.17, 15) is 9.59 Å². The molecule has 0 aromatic carbocycles. The van der Waals surface area contributed by atoms with E-state index in [0.29, 0.717) is 25.7 Å². The lowest BCUT2D eigenvalue weighted by Gasteiger charge is -2.34. The van der Waals surface area contributed by atoms with Crippen LogP contribution in [0.15, 0.2) is 23.6 Å². The third kappa shape index (κ3) is 4.72. The highest BCUT2D eigenvalue weighted by atomic mass is 32.1. The quantitative estimate of drug-likeness (QED) is 0.863. The first-order valence-corrected chi connectivity index (χ1v) is 10.3. The average molecular weight is 362 g/mol. The summed E-state index contributed by atoms with van der Waals surface area (Å²) in [6.07, 6.45) is 11.5. The summed E-state index contributed by atoms with van der Waals surface area (Å²) < 4.78 is 0. The van der Waals surface area contributed by atoms with Crippen LogP contribution in [0.3, 0.4) is 0 Å². The Morgan fingerprint density at radius 3 is 2.52 bits per heavy atom. The Balaban J connectivity index is 1.66. The molecule has 1 unspecified atom stereocenters.